The lowest BCUT2D eigenvalue weighted by Crippen LogP contribution is -2.57. The summed E-state index contributed by atoms with van der Waals surface area (Å²) in [5.74, 6) is -4.88. The first-order valence-electron chi connectivity index (χ1n) is 11.7. The third kappa shape index (κ3) is 7.90. The molecule has 1 aliphatic carbocycles. The van der Waals surface area contributed by atoms with Crippen molar-refractivity contribution in [2.24, 2.45) is 17.8 Å². The molecule has 0 aromatic carbocycles. The molecule has 1 saturated carbocycles. The van der Waals surface area contributed by atoms with Crippen LogP contribution in [0.4, 0.5) is 19.1 Å². The van der Waals surface area contributed by atoms with Crippen molar-refractivity contribution >= 4 is 61.6 Å². The number of methoxy groups -OCH3 is 1. The number of nitrogen functional groups attached to an aromatic ring is 1. The summed E-state index contributed by atoms with van der Waals surface area (Å²) in [7, 11) is 1.32. The van der Waals surface area contributed by atoms with Crippen LogP contribution in [0.2, 0.25) is 0 Å². The van der Waals surface area contributed by atoms with Gasteiger partial charge in [-0.25, -0.2) is 9.78 Å². The normalized spacial score (nSPS) is 19.8. The quantitative estimate of drug-likeness (QED) is 0.173. The molecule has 1 fully saturated rings. The molecule has 3 heterocycles. The highest BCUT2D eigenvalue weighted by Crippen LogP contribution is 2.52. The van der Waals surface area contributed by atoms with Gasteiger partial charge >= 0.3 is 18.1 Å². The van der Waals surface area contributed by atoms with E-state index in [9.17, 15) is 27.6 Å². The Labute approximate surface area is 246 Å². The number of nitrogens with zero attached hydrogens (tertiary/aromatic N) is 1. The zero-order valence-electron chi connectivity index (χ0n) is 21.0. The lowest BCUT2D eigenvalue weighted by Gasteiger charge is -2.50. The third-order valence-corrected chi connectivity index (χ3v) is 7.25. The molecule has 13 nitrogen and oxygen atoms in total. The molecule has 0 aliphatic heterocycles. The van der Waals surface area contributed by atoms with Gasteiger partial charge in [-0.05, 0) is 55.8 Å². The van der Waals surface area contributed by atoms with Crippen molar-refractivity contribution in [3.05, 3.63) is 56.8 Å². The lowest BCUT2D eigenvalue weighted by atomic mass is 9.55. The number of carbonyl (C=O) groups excluding carboxylic acids is 3. The van der Waals surface area contributed by atoms with Gasteiger partial charge < -0.3 is 41.2 Å². The second-order valence-corrected chi connectivity index (χ2v) is 10.6. The zero-order valence-corrected chi connectivity index (χ0v) is 24.2. The summed E-state index contributed by atoms with van der Waals surface area (Å²) in [5.41, 5.74) is 7.23. The van der Waals surface area contributed by atoms with Gasteiger partial charge in [0.1, 0.15) is 11.4 Å². The molecule has 222 valence electrons. The predicted molar refractivity (Wildman–Crippen MR) is 144 cm³/mol. The average Bonchev–Trinajstić information content (AvgIpc) is 3.64. The van der Waals surface area contributed by atoms with Crippen molar-refractivity contribution < 1.29 is 42.2 Å². The van der Waals surface area contributed by atoms with E-state index >= 15 is 0 Å². The number of H-pyrrole nitrogens is 3. The Balaban J connectivity index is 0.000000587. The van der Waals surface area contributed by atoms with Crippen molar-refractivity contribution in [2.45, 2.75) is 12.1 Å². The molecule has 1 aliphatic rings. The molecule has 3 aromatic heterocycles. The Morgan fingerprint density at radius 3 is 1.88 bits per heavy atom. The number of ether oxygens (including phenoxy) is 1. The second-order valence-electron chi connectivity index (χ2n) is 8.81. The Kier molecular flexibility index (Phi) is 10.2. The number of carboxylic acids is 1. The van der Waals surface area contributed by atoms with Gasteiger partial charge in [0.2, 0.25) is 0 Å². The van der Waals surface area contributed by atoms with E-state index in [1.807, 2.05) is 0 Å². The molecule has 4 atom stereocenters. The number of rotatable bonds is 8. The molecule has 0 radical (unpaired) electrons. The van der Waals surface area contributed by atoms with Gasteiger partial charge in [0.05, 0.1) is 19.2 Å². The van der Waals surface area contributed by atoms with Gasteiger partial charge in [-0.3, -0.25) is 14.4 Å². The number of carbonyl (C=O) groups is 4. The van der Waals surface area contributed by atoms with Crippen LogP contribution in [0.15, 0.2) is 39.7 Å². The molecule has 8 N–H and O–H groups in total. The van der Waals surface area contributed by atoms with Crippen LogP contribution in [-0.4, -0.2) is 75.2 Å². The van der Waals surface area contributed by atoms with Gasteiger partial charge in [0.25, 0.3) is 11.8 Å². The number of amides is 2. The minimum atomic E-state index is -5.08. The summed E-state index contributed by atoms with van der Waals surface area (Å²) in [5, 5.41) is 12.9. The Morgan fingerprint density at radius 1 is 1.02 bits per heavy atom. The summed E-state index contributed by atoms with van der Waals surface area (Å²) in [6.45, 7) is 0.477. The molecule has 0 saturated heterocycles. The molecule has 0 unspecified atom stereocenters. The van der Waals surface area contributed by atoms with E-state index < -0.39 is 24.0 Å². The average molecular weight is 711 g/mol. The molecule has 3 aromatic rings. The fourth-order valence-corrected chi connectivity index (χ4v) is 5.18. The molecule has 41 heavy (non-hydrogen) atoms. The van der Waals surface area contributed by atoms with E-state index in [1.165, 1.54) is 7.11 Å². The van der Waals surface area contributed by atoms with E-state index in [1.54, 1.807) is 30.7 Å². The van der Waals surface area contributed by atoms with Crippen LogP contribution in [0.1, 0.15) is 32.6 Å². The highest BCUT2D eigenvalue weighted by atomic mass is 79.9. The third-order valence-electron chi connectivity index (χ3n) is 6.33. The minimum Gasteiger partial charge on any atom is -0.475 e. The number of esters is 1. The number of carboxylic acid groups (broad SMARTS) is 1. The number of aromatic nitrogens is 4. The minimum absolute atomic E-state index is 0.193. The maximum Gasteiger partial charge on any atom is 0.490 e. The fourth-order valence-electron chi connectivity index (χ4n) is 4.49. The van der Waals surface area contributed by atoms with Gasteiger partial charge in [0.15, 0.2) is 5.95 Å². The standard InChI is InChI=1S/C21H23Br2N7O4.C2HF3O2/c1-34-20(33)17-12(7-28-19(32)14-3-10(23)5-26-14)11(16(17)15-8-29-21(24)30-15)6-27-18(31)13-2-9(22)4-25-13;3-2(4,5)1(6)7/h2-5,8,11-12,16-17,25-26H,6-7H2,1H3,(H,27,31)(H,28,32)(H3,24,29,30);(H,6,7)/t11-,12-,16-,17+;/m1./s1. The van der Waals surface area contributed by atoms with Crippen LogP contribution in [0.5, 0.6) is 0 Å². The van der Waals surface area contributed by atoms with Crippen molar-refractivity contribution in [2.75, 3.05) is 25.9 Å². The van der Waals surface area contributed by atoms with Crippen molar-refractivity contribution in [1.29, 1.82) is 0 Å². The number of nitrogens with two attached hydrogens (primary N) is 1. The number of hydrogen-bond acceptors (Lipinski definition) is 7. The summed E-state index contributed by atoms with van der Waals surface area (Å²) in [4.78, 5) is 59.6. The Bertz CT molecular complexity index is 1410. The molecule has 18 heteroatoms. The highest BCUT2D eigenvalue weighted by Gasteiger charge is 2.55. The summed E-state index contributed by atoms with van der Waals surface area (Å²) in [6, 6.07) is 3.34. The van der Waals surface area contributed by atoms with Crippen LogP contribution in [-0.2, 0) is 14.3 Å². The van der Waals surface area contributed by atoms with E-state index in [0.717, 1.165) is 8.95 Å². The predicted octanol–water partition coefficient (Wildman–Crippen LogP) is 2.79. The van der Waals surface area contributed by atoms with Crippen molar-refractivity contribution in [3.63, 3.8) is 0 Å². The van der Waals surface area contributed by atoms with Gasteiger partial charge in [-0.15, -0.1) is 0 Å². The first-order valence-corrected chi connectivity index (χ1v) is 13.2. The maximum absolute atomic E-state index is 12.7. The van der Waals surface area contributed by atoms with Crippen LogP contribution in [0, 0.1) is 17.8 Å². The smallest absolute Gasteiger partial charge is 0.475 e. The van der Waals surface area contributed by atoms with Crippen LogP contribution >= 0.6 is 31.9 Å². The molecule has 2 amide bonds. The van der Waals surface area contributed by atoms with Crippen molar-refractivity contribution in [3.8, 4) is 0 Å². The number of nitrogens with one attached hydrogen (secondary N) is 5. The van der Waals surface area contributed by atoms with Crippen LogP contribution in [0.3, 0.4) is 0 Å². The molecular weight excluding hydrogens is 687 g/mol. The second kappa shape index (κ2) is 13.2. The Morgan fingerprint density at radius 2 is 1.51 bits per heavy atom. The first-order chi connectivity index (χ1) is 19.2. The summed E-state index contributed by atoms with van der Waals surface area (Å²) >= 11 is 6.62. The van der Waals surface area contributed by atoms with E-state index in [-0.39, 0.29) is 48.6 Å². The van der Waals surface area contributed by atoms with E-state index in [4.69, 9.17) is 20.4 Å². The maximum atomic E-state index is 12.7. The fraction of sp³-hybridized carbons (Fsp3) is 0.348. The van der Waals surface area contributed by atoms with Crippen LogP contribution < -0.4 is 16.4 Å². The summed E-state index contributed by atoms with van der Waals surface area (Å²) in [6.07, 6.45) is -0.178. The van der Waals surface area contributed by atoms with Crippen molar-refractivity contribution in [1.82, 2.24) is 30.6 Å². The number of hydrogen-bond donors (Lipinski definition) is 7. The van der Waals surface area contributed by atoms with Gasteiger partial charge in [0, 0.05) is 46.0 Å². The number of imidazole rings is 1. The molecule has 0 bridgehead atoms. The topological polar surface area (TPSA) is 208 Å². The van der Waals surface area contributed by atoms with Gasteiger partial charge in [-0.1, -0.05) is 0 Å². The first kappa shape index (κ1) is 31.7. The van der Waals surface area contributed by atoms with E-state index in [2.05, 4.69) is 62.4 Å². The Hall–Kier alpha value is -3.80. The number of alkyl halides is 3. The molecule has 0 spiro atoms. The zero-order chi connectivity index (χ0) is 30.5. The number of aliphatic carboxylic acids is 1. The number of aromatic amines is 3. The lowest BCUT2D eigenvalue weighted by molar-refractivity contribution is -0.192. The molecular formula is C23H24Br2F3N7O6. The summed E-state index contributed by atoms with van der Waals surface area (Å²) < 4.78 is 38.3. The molecule has 4 rings (SSSR count). The van der Waals surface area contributed by atoms with Crippen LogP contribution in [0.25, 0.3) is 0 Å². The number of anilines is 1. The SMILES string of the molecule is COC(=O)[C@H]1[C@H](CNC(=O)c2cc(Br)c[nH]2)[C@@H](CNC(=O)c2cc(Br)c[nH]2)[C@@H]1c1cnc(N)[nH]1.O=C(O)C(F)(F)F. The highest BCUT2D eigenvalue weighted by molar-refractivity contribution is 9.10. The van der Waals surface area contributed by atoms with E-state index in [0.29, 0.717) is 17.1 Å². The van der Waals surface area contributed by atoms with Gasteiger partial charge in [-0.2, -0.15) is 13.2 Å². The number of halogens is 5. The largest absolute Gasteiger partial charge is 0.490 e. The monoisotopic (exact) mass is 709 g/mol.